The smallest absolute Gasteiger partial charge is 0.267 e. The zero-order valence-electron chi connectivity index (χ0n) is 13.6. The van der Waals surface area contributed by atoms with Gasteiger partial charge in [-0.15, -0.1) is 0 Å². The van der Waals surface area contributed by atoms with E-state index in [0.29, 0.717) is 5.69 Å². The van der Waals surface area contributed by atoms with E-state index in [4.69, 9.17) is 11.6 Å². The highest BCUT2D eigenvalue weighted by atomic mass is 35.5. The Morgan fingerprint density at radius 1 is 1.11 bits per heavy atom. The largest absolute Gasteiger partial charge is 0.283 e. The van der Waals surface area contributed by atoms with E-state index in [1.807, 2.05) is 0 Å². The lowest BCUT2D eigenvalue weighted by Crippen LogP contribution is -2.33. The molecule has 0 spiro atoms. The van der Waals surface area contributed by atoms with Crippen molar-refractivity contribution in [1.29, 1.82) is 0 Å². The standard InChI is InChI=1S/C18H11ClFN5O2/c19-15-4-2-1-3-13(15)17(26)23-24-10-21-16-14(18(24)27)9-22-25(16)12-7-5-11(20)6-8-12/h1-10H,(H,23,26). The second-order valence-corrected chi connectivity index (χ2v) is 6.02. The summed E-state index contributed by atoms with van der Waals surface area (Å²) in [5.41, 5.74) is 3.01. The van der Waals surface area contributed by atoms with E-state index in [9.17, 15) is 14.0 Å². The van der Waals surface area contributed by atoms with E-state index in [0.717, 1.165) is 4.68 Å². The number of hydrogen-bond acceptors (Lipinski definition) is 4. The number of carbonyl (C=O) groups is 1. The topological polar surface area (TPSA) is 81.8 Å². The second-order valence-electron chi connectivity index (χ2n) is 5.61. The van der Waals surface area contributed by atoms with Gasteiger partial charge >= 0.3 is 0 Å². The molecular weight excluding hydrogens is 373 g/mol. The minimum atomic E-state index is -0.547. The summed E-state index contributed by atoms with van der Waals surface area (Å²) < 4.78 is 15.5. The Bertz CT molecular complexity index is 1220. The lowest BCUT2D eigenvalue weighted by atomic mass is 10.2. The molecular formula is C18H11ClFN5O2. The van der Waals surface area contributed by atoms with Crippen molar-refractivity contribution >= 4 is 28.5 Å². The normalized spacial score (nSPS) is 10.9. The average molecular weight is 384 g/mol. The molecule has 27 heavy (non-hydrogen) atoms. The number of aromatic nitrogens is 4. The van der Waals surface area contributed by atoms with Gasteiger partial charge in [-0.25, -0.2) is 18.7 Å². The fourth-order valence-corrected chi connectivity index (χ4v) is 2.80. The van der Waals surface area contributed by atoms with Gasteiger partial charge in [-0.2, -0.15) is 5.10 Å². The summed E-state index contributed by atoms with van der Waals surface area (Å²) in [6.45, 7) is 0. The predicted molar refractivity (Wildman–Crippen MR) is 98.2 cm³/mol. The molecule has 2 heterocycles. The van der Waals surface area contributed by atoms with Crippen molar-refractivity contribution in [1.82, 2.24) is 19.4 Å². The zero-order valence-corrected chi connectivity index (χ0v) is 14.4. The third kappa shape index (κ3) is 3.06. The van der Waals surface area contributed by atoms with Crippen LogP contribution in [0.2, 0.25) is 5.02 Å². The van der Waals surface area contributed by atoms with Gasteiger partial charge in [0.2, 0.25) is 0 Å². The van der Waals surface area contributed by atoms with Crippen LogP contribution in [0.15, 0.2) is 65.8 Å². The molecule has 0 bridgehead atoms. The Kier molecular flexibility index (Phi) is 4.17. The summed E-state index contributed by atoms with van der Waals surface area (Å²) in [5.74, 6) is -0.928. The molecule has 0 saturated carbocycles. The molecule has 0 unspecified atom stereocenters. The van der Waals surface area contributed by atoms with E-state index in [2.05, 4.69) is 15.5 Å². The van der Waals surface area contributed by atoms with Crippen molar-refractivity contribution in [3.63, 3.8) is 0 Å². The molecule has 1 N–H and O–H groups in total. The summed E-state index contributed by atoms with van der Waals surface area (Å²) in [7, 11) is 0. The first-order valence-corrected chi connectivity index (χ1v) is 8.19. The van der Waals surface area contributed by atoms with Crippen molar-refractivity contribution in [3.05, 3.63) is 87.8 Å². The lowest BCUT2D eigenvalue weighted by Gasteiger charge is -2.09. The molecule has 0 saturated heterocycles. The summed E-state index contributed by atoms with van der Waals surface area (Å²) >= 11 is 6.00. The van der Waals surface area contributed by atoms with Crippen LogP contribution in [0.3, 0.4) is 0 Å². The van der Waals surface area contributed by atoms with Crippen LogP contribution in [0.1, 0.15) is 10.4 Å². The molecule has 2 aromatic carbocycles. The highest BCUT2D eigenvalue weighted by Crippen LogP contribution is 2.16. The third-order valence-corrected chi connectivity index (χ3v) is 4.23. The Balaban J connectivity index is 1.71. The Morgan fingerprint density at radius 2 is 1.85 bits per heavy atom. The Hall–Kier alpha value is -3.52. The maximum atomic E-state index is 13.1. The molecule has 1 amide bonds. The van der Waals surface area contributed by atoms with Gasteiger partial charge in [0.25, 0.3) is 11.5 Å². The van der Waals surface area contributed by atoms with Crippen LogP contribution in [-0.4, -0.2) is 25.3 Å². The maximum absolute atomic E-state index is 13.1. The van der Waals surface area contributed by atoms with Gasteiger partial charge < -0.3 is 0 Å². The molecule has 4 aromatic rings. The highest BCUT2D eigenvalue weighted by Gasteiger charge is 2.15. The fraction of sp³-hybridized carbons (Fsp3) is 0. The van der Waals surface area contributed by atoms with Gasteiger partial charge in [0.1, 0.15) is 17.5 Å². The van der Waals surface area contributed by atoms with Crippen molar-refractivity contribution in [2.24, 2.45) is 0 Å². The maximum Gasteiger partial charge on any atom is 0.283 e. The molecule has 0 fully saturated rings. The molecule has 134 valence electrons. The van der Waals surface area contributed by atoms with Crippen LogP contribution in [0.4, 0.5) is 4.39 Å². The number of carbonyl (C=O) groups excluding carboxylic acids is 1. The van der Waals surface area contributed by atoms with Crippen LogP contribution >= 0.6 is 11.6 Å². The van der Waals surface area contributed by atoms with E-state index >= 15 is 0 Å². The third-order valence-electron chi connectivity index (χ3n) is 3.90. The van der Waals surface area contributed by atoms with Crippen molar-refractivity contribution in [3.8, 4) is 5.69 Å². The number of hydrogen-bond donors (Lipinski definition) is 1. The fourth-order valence-electron chi connectivity index (χ4n) is 2.58. The van der Waals surface area contributed by atoms with E-state index < -0.39 is 11.5 Å². The summed E-state index contributed by atoms with van der Waals surface area (Å²) in [6.07, 6.45) is 2.52. The first-order valence-electron chi connectivity index (χ1n) is 7.82. The SMILES string of the molecule is O=C(Nn1cnc2c(cnn2-c2ccc(F)cc2)c1=O)c1ccccc1Cl. The lowest BCUT2D eigenvalue weighted by molar-refractivity contribution is 0.101. The van der Waals surface area contributed by atoms with Crippen molar-refractivity contribution in [2.75, 3.05) is 5.43 Å². The predicted octanol–water partition coefficient (Wildman–Crippen LogP) is 2.76. The number of fused-ring (bicyclic) bond motifs is 1. The summed E-state index contributed by atoms with van der Waals surface area (Å²) in [6, 6.07) is 12.1. The first-order chi connectivity index (χ1) is 13.0. The number of halogens is 2. The molecule has 4 rings (SSSR count). The summed E-state index contributed by atoms with van der Waals surface area (Å²) in [5, 5.41) is 4.59. The minimum absolute atomic E-state index is 0.196. The summed E-state index contributed by atoms with van der Waals surface area (Å²) in [4.78, 5) is 29.2. The van der Waals surface area contributed by atoms with Crippen LogP contribution in [-0.2, 0) is 0 Å². The van der Waals surface area contributed by atoms with E-state index in [1.54, 1.807) is 24.3 Å². The van der Waals surface area contributed by atoms with Gasteiger partial charge in [-0.05, 0) is 36.4 Å². The highest BCUT2D eigenvalue weighted by molar-refractivity contribution is 6.34. The molecule has 0 radical (unpaired) electrons. The van der Waals surface area contributed by atoms with Crippen LogP contribution in [0.5, 0.6) is 0 Å². The second kappa shape index (κ2) is 6.65. The number of nitrogens with zero attached hydrogens (tertiary/aromatic N) is 4. The van der Waals surface area contributed by atoms with Gasteiger partial charge in [-0.3, -0.25) is 15.0 Å². The Labute approximate surface area is 156 Å². The van der Waals surface area contributed by atoms with Gasteiger partial charge in [0, 0.05) is 0 Å². The number of nitrogens with one attached hydrogen (secondary N) is 1. The molecule has 7 nitrogen and oxygen atoms in total. The van der Waals surface area contributed by atoms with Gasteiger partial charge in [0.15, 0.2) is 5.65 Å². The van der Waals surface area contributed by atoms with E-state index in [1.165, 1.54) is 41.5 Å². The van der Waals surface area contributed by atoms with Crippen LogP contribution in [0.25, 0.3) is 16.7 Å². The molecule has 0 aliphatic heterocycles. The van der Waals surface area contributed by atoms with Crippen molar-refractivity contribution < 1.29 is 9.18 Å². The molecule has 0 aliphatic rings. The number of rotatable bonds is 3. The average Bonchev–Trinajstić information content (AvgIpc) is 3.10. The molecule has 0 atom stereocenters. The Morgan fingerprint density at radius 3 is 2.59 bits per heavy atom. The van der Waals surface area contributed by atoms with Crippen LogP contribution in [0, 0.1) is 5.82 Å². The van der Waals surface area contributed by atoms with Crippen molar-refractivity contribution in [2.45, 2.75) is 0 Å². The first kappa shape index (κ1) is 16.9. The molecule has 2 aromatic heterocycles. The van der Waals surface area contributed by atoms with E-state index in [-0.39, 0.29) is 27.4 Å². The monoisotopic (exact) mass is 383 g/mol. The molecule has 9 heteroatoms. The number of amides is 1. The van der Waals surface area contributed by atoms with Gasteiger partial charge in [-0.1, -0.05) is 23.7 Å². The minimum Gasteiger partial charge on any atom is -0.267 e. The zero-order chi connectivity index (χ0) is 19.0. The number of benzene rings is 2. The molecule has 0 aliphatic carbocycles. The van der Waals surface area contributed by atoms with Gasteiger partial charge in [0.05, 0.1) is 22.5 Å². The van der Waals surface area contributed by atoms with Crippen LogP contribution < -0.4 is 11.0 Å². The quantitative estimate of drug-likeness (QED) is 0.589.